The Hall–Kier alpha value is -0.930. The predicted octanol–water partition coefficient (Wildman–Crippen LogP) is 0.963. The van der Waals surface area contributed by atoms with Crippen LogP contribution in [0.15, 0.2) is 63.1 Å². The maximum Gasteiger partial charge on any atom is 0.296 e. The number of ether oxygens (including phenoxy) is 1. The van der Waals surface area contributed by atoms with Crippen LogP contribution in [0.25, 0.3) is 16.9 Å². The molecule has 0 fully saturated rings. The van der Waals surface area contributed by atoms with Gasteiger partial charge in [-0.2, -0.15) is 16.8 Å². The smallest absolute Gasteiger partial charge is 0.296 e. The zero-order chi connectivity index (χ0) is 21.4. The third-order valence-corrected chi connectivity index (χ3v) is 5.70. The van der Waals surface area contributed by atoms with E-state index in [0.717, 1.165) is 28.9 Å². The van der Waals surface area contributed by atoms with Crippen molar-refractivity contribution in [3.63, 3.8) is 0 Å². The number of H-pyrrole nitrogens is 1. The van der Waals surface area contributed by atoms with Crippen LogP contribution in [0.1, 0.15) is 6.92 Å². The van der Waals surface area contributed by atoms with Crippen molar-refractivity contribution in [1.29, 1.82) is 0 Å². The van der Waals surface area contributed by atoms with E-state index in [1.165, 1.54) is 0 Å². The Morgan fingerprint density at radius 1 is 0.968 bits per heavy atom. The van der Waals surface area contributed by atoms with Gasteiger partial charge in [0.15, 0.2) is 0 Å². The Kier molecular flexibility index (Phi) is 9.78. The van der Waals surface area contributed by atoms with Crippen LogP contribution in [0.3, 0.4) is 0 Å². The Bertz CT molecular complexity index is 1350. The first kappa shape index (κ1) is 28.1. The number of nitrogens with one attached hydrogen (secondary N) is 1. The summed E-state index contributed by atoms with van der Waals surface area (Å²) in [5, 5.41) is 2.68. The second-order valence-corrected chi connectivity index (χ2v) is 8.66. The van der Waals surface area contributed by atoms with Crippen LogP contribution in [-0.4, -0.2) is 101 Å². The molecule has 0 saturated carbocycles. The van der Waals surface area contributed by atoms with Gasteiger partial charge >= 0.3 is 0 Å². The van der Waals surface area contributed by atoms with Gasteiger partial charge in [0.05, 0.1) is 22.9 Å². The van der Waals surface area contributed by atoms with Crippen molar-refractivity contribution in [1.82, 2.24) is 9.78 Å². The SMILES string of the molecule is CCOc1ccccc1-c1cc(=O)n(-c2cc(S(=O)(=O)O)ccc2S(=O)(=O)O)[nH]1.[Na].[Na]. The monoisotopic (exact) mass is 486 g/mol. The zero-order valence-corrected chi connectivity index (χ0v) is 22.6. The van der Waals surface area contributed by atoms with Gasteiger partial charge in [-0.1, -0.05) is 12.1 Å². The van der Waals surface area contributed by atoms with Gasteiger partial charge < -0.3 is 4.74 Å². The summed E-state index contributed by atoms with van der Waals surface area (Å²) in [6.45, 7) is 2.15. The van der Waals surface area contributed by atoms with Crippen molar-refractivity contribution >= 4 is 79.4 Å². The standard InChI is InChI=1S/C17H16N2O8S2.2Na/c1-2-27-15-6-4-3-5-12(15)13-10-17(20)19(18-13)14-9-11(28(21,22)23)7-8-16(14)29(24,25)26;;/h3-10,18H,2H2,1H3,(H,21,22,23)(H,24,25,26);;. The summed E-state index contributed by atoms with van der Waals surface area (Å²) < 4.78 is 71.3. The quantitative estimate of drug-likeness (QED) is 0.344. The summed E-state index contributed by atoms with van der Waals surface area (Å²) in [4.78, 5) is 11.1. The van der Waals surface area contributed by atoms with E-state index in [-0.39, 0.29) is 64.8 Å². The van der Waals surface area contributed by atoms with E-state index in [1.54, 1.807) is 31.2 Å². The van der Waals surface area contributed by atoms with Gasteiger partial charge in [0.25, 0.3) is 25.8 Å². The molecule has 0 aliphatic heterocycles. The Morgan fingerprint density at radius 3 is 2.19 bits per heavy atom. The van der Waals surface area contributed by atoms with Gasteiger partial charge in [-0.05, 0) is 37.3 Å². The van der Waals surface area contributed by atoms with Crippen molar-refractivity contribution in [3.05, 3.63) is 58.9 Å². The molecule has 0 spiro atoms. The van der Waals surface area contributed by atoms with Crippen LogP contribution < -0.4 is 10.3 Å². The minimum atomic E-state index is -4.81. The van der Waals surface area contributed by atoms with Crippen LogP contribution in [0.5, 0.6) is 5.75 Å². The molecule has 0 bridgehead atoms. The van der Waals surface area contributed by atoms with Gasteiger partial charge in [0, 0.05) is 70.7 Å². The van der Waals surface area contributed by atoms with E-state index in [9.17, 15) is 30.7 Å². The van der Waals surface area contributed by atoms with Crippen LogP contribution in [0.2, 0.25) is 0 Å². The molecule has 1 heterocycles. The van der Waals surface area contributed by atoms with E-state index in [4.69, 9.17) is 4.74 Å². The molecular weight excluding hydrogens is 470 g/mol. The molecule has 156 valence electrons. The van der Waals surface area contributed by atoms with Crippen LogP contribution >= 0.6 is 0 Å². The summed E-state index contributed by atoms with van der Waals surface area (Å²) in [6, 6.07) is 10.3. The summed E-state index contributed by atoms with van der Waals surface area (Å²) in [6.07, 6.45) is 0. The first-order valence-electron chi connectivity index (χ1n) is 8.16. The predicted molar refractivity (Wildman–Crippen MR) is 114 cm³/mol. The van der Waals surface area contributed by atoms with Gasteiger partial charge in [0.1, 0.15) is 10.6 Å². The Labute approximate surface area is 222 Å². The molecule has 1 aromatic heterocycles. The molecule has 0 unspecified atom stereocenters. The molecule has 0 amide bonds. The van der Waals surface area contributed by atoms with Gasteiger partial charge in [-0.25, -0.2) is 4.68 Å². The minimum absolute atomic E-state index is 0. The average Bonchev–Trinajstić information content (AvgIpc) is 3.02. The number of nitrogens with zero attached hydrogens (tertiary/aromatic N) is 1. The van der Waals surface area contributed by atoms with Crippen LogP contribution in [-0.2, 0) is 20.2 Å². The molecule has 2 aromatic carbocycles. The summed E-state index contributed by atoms with van der Waals surface area (Å²) >= 11 is 0. The molecule has 0 aliphatic rings. The number of aromatic nitrogens is 2. The van der Waals surface area contributed by atoms with E-state index in [1.807, 2.05) is 0 Å². The third-order valence-electron chi connectivity index (χ3n) is 3.94. The second-order valence-electron chi connectivity index (χ2n) is 5.85. The van der Waals surface area contributed by atoms with Crippen LogP contribution in [0.4, 0.5) is 0 Å². The van der Waals surface area contributed by atoms with Crippen molar-refractivity contribution < 1.29 is 30.7 Å². The van der Waals surface area contributed by atoms with Gasteiger partial charge in [-0.15, -0.1) is 0 Å². The molecule has 31 heavy (non-hydrogen) atoms. The van der Waals surface area contributed by atoms with Gasteiger partial charge in [0.2, 0.25) is 0 Å². The molecule has 14 heteroatoms. The van der Waals surface area contributed by atoms with E-state index < -0.39 is 41.3 Å². The van der Waals surface area contributed by atoms with E-state index >= 15 is 0 Å². The van der Waals surface area contributed by atoms with Crippen molar-refractivity contribution in [2.75, 3.05) is 6.61 Å². The molecular formula is C17H16N2Na2O8S2. The maximum absolute atomic E-state index is 12.5. The fraction of sp³-hybridized carbons (Fsp3) is 0.118. The number of aromatic amines is 1. The maximum atomic E-state index is 12.5. The fourth-order valence-electron chi connectivity index (χ4n) is 2.73. The summed E-state index contributed by atoms with van der Waals surface area (Å²) in [5.74, 6) is 0.463. The van der Waals surface area contributed by atoms with Crippen molar-refractivity contribution in [2.24, 2.45) is 0 Å². The first-order valence-corrected chi connectivity index (χ1v) is 11.0. The first-order chi connectivity index (χ1) is 13.5. The number of benzene rings is 2. The van der Waals surface area contributed by atoms with Crippen molar-refractivity contribution in [3.8, 4) is 22.7 Å². The number of rotatable bonds is 6. The number of hydrogen-bond donors (Lipinski definition) is 3. The molecule has 0 saturated heterocycles. The van der Waals surface area contributed by atoms with Crippen LogP contribution in [0, 0.1) is 0 Å². The Balaban J connectivity index is 0.00000240. The summed E-state index contributed by atoms with van der Waals surface area (Å²) in [7, 11) is -9.51. The molecule has 3 N–H and O–H groups in total. The zero-order valence-electron chi connectivity index (χ0n) is 16.9. The molecule has 3 rings (SSSR count). The molecule has 0 aliphatic carbocycles. The minimum Gasteiger partial charge on any atom is -0.493 e. The topological polar surface area (TPSA) is 156 Å². The molecule has 2 radical (unpaired) electrons. The average molecular weight is 486 g/mol. The van der Waals surface area contributed by atoms with Crippen molar-refractivity contribution in [2.45, 2.75) is 16.7 Å². The molecule has 0 atom stereocenters. The number of para-hydroxylation sites is 1. The molecule has 10 nitrogen and oxygen atoms in total. The van der Waals surface area contributed by atoms with E-state index in [0.29, 0.717) is 17.9 Å². The summed E-state index contributed by atoms with van der Waals surface area (Å²) in [5.41, 5.74) is -0.446. The second kappa shape index (κ2) is 10.8. The van der Waals surface area contributed by atoms with Gasteiger partial charge in [-0.3, -0.25) is 19.0 Å². The number of hydrogen-bond acceptors (Lipinski definition) is 6. The fourth-order valence-corrected chi connectivity index (χ4v) is 3.89. The molecule has 3 aromatic rings. The largest absolute Gasteiger partial charge is 0.493 e. The van der Waals surface area contributed by atoms with E-state index in [2.05, 4.69) is 5.10 Å². The third kappa shape index (κ3) is 6.32. The normalized spacial score (nSPS) is 11.3. The Morgan fingerprint density at radius 2 is 1.61 bits per heavy atom.